The Morgan fingerprint density at radius 3 is 0.543 bits per heavy atom. The third-order valence-electron chi connectivity index (χ3n) is 5.94. The predicted octanol–water partition coefficient (Wildman–Crippen LogP) is 9.84. The third kappa shape index (κ3) is 9.16. The second kappa shape index (κ2) is 14.0. The Kier molecular flexibility index (Phi) is 9.63. The van der Waals surface area contributed by atoms with Crippen LogP contribution < -0.4 is 0 Å². The van der Waals surface area contributed by atoms with Crippen LogP contribution in [-0.2, 0) is 20.2 Å². The third-order valence-corrected chi connectivity index (χ3v) is 7.68. The SMILES string of the molecule is O=S(=O)(O)c1ccc(N=Nc2ccc(N=Nc3ccc(N=Nc4ccc(N=Nc5ccc(S(=O)(=O)O)cc5)cc4)cc3)cc2)cc1. The highest BCUT2D eigenvalue weighted by atomic mass is 32.2. The summed E-state index contributed by atoms with van der Waals surface area (Å²) in [5.41, 5.74) is 4.36. The zero-order valence-electron chi connectivity index (χ0n) is 23.5. The predicted molar refractivity (Wildman–Crippen MR) is 169 cm³/mol. The average Bonchev–Trinajstić information content (AvgIpc) is 3.05. The highest BCUT2D eigenvalue weighted by Crippen LogP contribution is 2.27. The van der Waals surface area contributed by atoms with E-state index in [0.29, 0.717) is 45.5 Å². The van der Waals surface area contributed by atoms with Crippen LogP contribution in [-0.4, -0.2) is 25.9 Å². The molecule has 0 saturated carbocycles. The number of rotatable bonds is 10. The van der Waals surface area contributed by atoms with E-state index in [4.69, 9.17) is 9.11 Å². The monoisotopic (exact) mass is 654 g/mol. The summed E-state index contributed by atoms with van der Waals surface area (Å²) in [6.45, 7) is 0. The van der Waals surface area contributed by atoms with Gasteiger partial charge in [0.2, 0.25) is 0 Å². The van der Waals surface area contributed by atoms with E-state index in [1.165, 1.54) is 48.5 Å². The molecule has 0 aliphatic carbocycles. The van der Waals surface area contributed by atoms with Crippen molar-refractivity contribution in [3.8, 4) is 0 Å². The van der Waals surface area contributed by atoms with Crippen molar-refractivity contribution in [2.45, 2.75) is 9.79 Å². The molecule has 230 valence electrons. The van der Waals surface area contributed by atoms with Gasteiger partial charge in [-0.15, -0.1) is 0 Å². The molecular weight excluding hydrogens is 633 g/mol. The van der Waals surface area contributed by atoms with Gasteiger partial charge in [-0.3, -0.25) is 9.11 Å². The summed E-state index contributed by atoms with van der Waals surface area (Å²) >= 11 is 0. The molecule has 0 aliphatic heterocycles. The summed E-state index contributed by atoms with van der Waals surface area (Å²) in [4.78, 5) is -0.447. The van der Waals surface area contributed by atoms with Crippen LogP contribution in [0.1, 0.15) is 0 Å². The maximum atomic E-state index is 11.1. The van der Waals surface area contributed by atoms with Crippen LogP contribution in [0.3, 0.4) is 0 Å². The molecule has 5 aromatic carbocycles. The lowest BCUT2D eigenvalue weighted by Gasteiger charge is -1.98. The number of azo groups is 4. The van der Waals surface area contributed by atoms with Crippen LogP contribution in [0, 0.1) is 0 Å². The number of nitrogens with zero attached hydrogens (tertiary/aromatic N) is 8. The smallest absolute Gasteiger partial charge is 0.282 e. The van der Waals surface area contributed by atoms with E-state index in [1.54, 1.807) is 72.8 Å². The molecule has 46 heavy (non-hydrogen) atoms. The Labute approximate surface area is 263 Å². The highest BCUT2D eigenvalue weighted by molar-refractivity contribution is 7.86. The zero-order chi connectivity index (χ0) is 32.6. The summed E-state index contributed by atoms with van der Waals surface area (Å²) < 4.78 is 62.6. The van der Waals surface area contributed by atoms with Crippen LogP contribution in [0.2, 0.25) is 0 Å². The Hall–Kier alpha value is -5.68. The van der Waals surface area contributed by atoms with Gasteiger partial charge in [0, 0.05) is 0 Å². The quantitative estimate of drug-likeness (QED) is 0.110. The largest absolute Gasteiger partial charge is 0.294 e. The zero-order valence-corrected chi connectivity index (χ0v) is 25.1. The lowest BCUT2D eigenvalue weighted by Crippen LogP contribution is -1.96. The van der Waals surface area contributed by atoms with Crippen molar-refractivity contribution in [2.75, 3.05) is 0 Å². The van der Waals surface area contributed by atoms with Gasteiger partial charge >= 0.3 is 0 Å². The van der Waals surface area contributed by atoms with Crippen molar-refractivity contribution in [1.82, 2.24) is 0 Å². The first-order chi connectivity index (χ1) is 22.0. The molecule has 0 heterocycles. The van der Waals surface area contributed by atoms with Gasteiger partial charge < -0.3 is 0 Å². The maximum Gasteiger partial charge on any atom is 0.294 e. The molecule has 14 nitrogen and oxygen atoms in total. The van der Waals surface area contributed by atoms with E-state index in [-0.39, 0.29) is 9.79 Å². The van der Waals surface area contributed by atoms with Gasteiger partial charge in [-0.2, -0.15) is 57.7 Å². The lowest BCUT2D eigenvalue weighted by atomic mass is 10.3. The van der Waals surface area contributed by atoms with Crippen LogP contribution >= 0.6 is 0 Å². The summed E-state index contributed by atoms with van der Waals surface area (Å²) in [6, 6.07) is 31.4. The minimum Gasteiger partial charge on any atom is -0.282 e. The molecule has 0 radical (unpaired) electrons. The van der Waals surface area contributed by atoms with Crippen LogP contribution in [0.5, 0.6) is 0 Å². The van der Waals surface area contributed by atoms with Crippen molar-refractivity contribution in [3.05, 3.63) is 121 Å². The van der Waals surface area contributed by atoms with Gasteiger partial charge in [-0.05, 0) is 121 Å². The first-order valence-electron chi connectivity index (χ1n) is 13.1. The van der Waals surface area contributed by atoms with Crippen molar-refractivity contribution in [1.29, 1.82) is 0 Å². The molecular formula is C30H22N8O6S2. The van der Waals surface area contributed by atoms with Crippen LogP contribution in [0.25, 0.3) is 0 Å². The van der Waals surface area contributed by atoms with E-state index in [1.807, 2.05) is 0 Å². The number of hydrogen-bond acceptors (Lipinski definition) is 12. The van der Waals surface area contributed by atoms with E-state index >= 15 is 0 Å². The number of hydrogen-bond donors (Lipinski definition) is 2. The Bertz CT molecular complexity index is 1990. The van der Waals surface area contributed by atoms with Gasteiger partial charge in [0.05, 0.1) is 55.3 Å². The molecule has 0 aliphatic rings. The lowest BCUT2D eigenvalue weighted by molar-refractivity contribution is 0.481. The van der Waals surface area contributed by atoms with Crippen LogP contribution in [0.15, 0.2) is 172 Å². The molecule has 0 spiro atoms. The minimum atomic E-state index is -4.27. The Balaban J connectivity index is 1.12. The van der Waals surface area contributed by atoms with Crippen LogP contribution in [0.4, 0.5) is 45.5 Å². The summed E-state index contributed by atoms with van der Waals surface area (Å²) in [5, 5.41) is 33.2. The van der Waals surface area contributed by atoms with E-state index in [2.05, 4.69) is 40.9 Å². The standard InChI is InChI=1S/C30H22N8O6S2/c39-45(40,41)29-17-13-27(14-18-29)37-35-25-9-5-23(6-10-25)33-31-21-1-2-22(4-3-21)32-34-24-7-11-26(12-8-24)36-38-28-15-19-30(20-16-28)46(42,43)44/h1-20H,(H,39,40,41)(H,42,43,44). The molecule has 5 rings (SSSR count). The topological polar surface area (TPSA) is 208 Å². The molecule has 0 aromatic heterocycles. The van der Waals surface area contributed by atoms with Gasteiger partial charge in [0.1, 0.15) is 0 Å². The van der Waals surface area contributed by atoms with Crippen molar-refractivity contribution >= 4 is 65.7 Å². The van der Waals surface area contributed by atoms with E-state index in [0.717, 1.165) is 0 Å². The van der Waals surface area contributed by atoms with Gasteiger partial charge in [-0.25, -0.2) is 0 Å². The first-order valence-corrected chi connectivity index (χ1v) is 16.0. The minimum absolute atomic E-state index is 0.223. The molecule has 0 atom stereocenters. The van der Waals surface area contributed by atoms with E-state index in [9.17, 15) is 16.8 Å². The fraction of sp³-hybridized carbons (Fsp3) is 0. The fourth-order valence-corrected chi connectivity index (χ4v) is 4.55. The average molecular weight is 655 g/mol. The number of benzene rings is 5. The molecule has 0 amide bonds. The second-order valence-corrected chi connectivity index (χ2v) is 12.1. The normalized spacial score (nSPS) is 12.6. The molecule has 0 unspecified atom stereocenters. The molecule has 0 bridgehead atoms. The maximum absolute atomic E-state index is 11.1. The molecule has 2 N–H and O–H groups in total. The Morgan fingerprint density at radius 1 is 0.283 bits per heavy atom. The first kappa shape index (κ1) is 31.7. The van der Waals surface area contributed by atoms with Gasteiger partial charge in [0.15, 0.2) is 0 Å². The Morgan fingerprint density at radius 2 is 0.413 bits per heavy atom. The molecule has 5 aromatic rings. The molecule has 0 fully saturated rings. The van der Waals surface area contributed by atoms with Gasteiger partial charge in [0.25, 0.3) is 20.2 Å². The summed E-state index contributed by atoms with van der Waals surface area (Å²) in [6.07, 6.45) is 0. The second-order valence-electron chi connectivity index (χ2n) is 9.29. The highest BCUT2D eigenvalue weighted by Gasteiger charge is 2.09. The fourth-order valence-electron chi connectivity index (χ4n) is 3.59. The summed E-state index contributed by atoms with van der Waals surface area (Å²) in [5.74, 6) is 0. The van der Waals surface area contributed by atoms with Crippen molar-refractivity contribution < 1.29 is 25.9 Å². The molecule has 0 saturated heterocycles. The molecule has 16 heteroatoms. The van der Waals surface area contributed by atoms with Gasteiger partial charge in [-0.1, -0.05) is 0 Å². The summed E-state index contributed by atoms with van der Waals surface area (Å²) in [7, 11) is -8.53. The van der Waals surface area contributed by atoms with Crippen molar-refractivity contribution in [3.63, 3.8) is 0 Å². The van der Waals surface area contributed by atoms with E-state index < -0.39 is 20.2 Å². The van der Waals surface area contributed by atoms with Crippen molar-refractivity contribution in [2.24, 2.45) is 40.9 Å².